The first-order chi connectivity index (χ1) is 5.75. The molecule has 1 aromatic rings. The fourth-order valence-electron chi connectivity index (χ4n) is 0.774. The van der Waals surface area contributed by atoms with Crippen molar-refractivity contribution in [3.8, 4) is 5.75 Å². The average Bonchev–Trinajstić information content (AvgIpc) is 2.05. The zero-order valence-corrected chi connectivity index (χ0v) is 6.16. The lowest BCUT2D eigenvalue weighted by Gasteiger charge is -2.01. The third-order valence-electron chi connectivity index (χ3n) is 1.31. The van der Waals surface area contributed by atoms with Crippen molar-refractivity contribution >= 4 is 5.97 Å². The highest BCUT2D eigenvalue weighted by Gasteiger charge is 2.10. The highest BCUT2D eigenvalue weighted by Crippen LogP contribution is 2.16. The minimum Gasteiger partial charge on any atom is -0.507 e. The Kier molecular flexibility index (Phi) is 2.63. The fourth-order valence-corrected chi connectivity index (χ4v) is 0.774. The van der Waals surface area contributed by atoms with E-state index in [0.717, 1.165) is 0 Å². The topological polar surface area (TPSA) is 46.5 Å². The predicted octanol–water partition coefficient (Wildman–Crippen LogP) is 1.48. The van der Waals surface area contributed by atoms with Crippen LogP contribution < -0.4 is 0 Å². The van der Waals surface area contributed by atoms with E-state index in [4.69, 9.17) is 5.11 Å². The largest absolute Gasteiger partial charge is 0.507 e. The first-order valence-corrected chi connectivity index (χ1v) is 3.27. The molecule has 0 heterocycles. The van der Waals surface area contributed by atoms with Gasteiger partial charge in [-0.1, -0.05) is 12.1 Å². The summed E-state index contributed by atoms with van der Waals surface area (Å²) in [6.07, 6.45) is 0. The van der Waals surface area contributed by atoms with Crippen LogP contribution >= 0.6 is 0 Å². The number of para-hydroxylation sites is 1. The van der Waals surface area contributed by atoms with Crippen LogP contribution in [0.15, 0.2) is 24.3 Å². The van der Waals surface area contributed by atoms with Crippen molar-refractivity contribution in [3.63, 3.8) is 0 Å². The normalized spacial score (nSPS) is 9.42. The molecule has 0 bridgehead atoms. The molecule has 64 valence electrons. The van der Waals surface area contributed by atoms with Gasteiger partial charge in [-0.3, -0.25) is 0 Å². The molecule has 0 aliphatic rings. The highest BCUT2D eigenvalue weighted by atomic mass is 19.1. The lowest BCUT2D eigenvalue weighted by molar-refractivity contribution is 0.0321. The predicted molar refractivity (Wildman–Crippen MR) is 39.5 cm³/mol. The summed E-state index contributed by atoms with van der Waals surface area (Å²) in [5.41, 5.74) is -0.0323. The second-order valence-corrected chi connectivity index (χ2v) is 2.06. The van der Waals surface area contributed by atoms with Crippen LogP contribution in [0.1, 0.15) is 10.4 Å². The maximum Gasteiger partial charge on any atom is 0.344 e. The van der Waals surface area contributed by atoms with Gasteiger partial charge in [-0.15, -0.1) is 0 Å². The number of carbonyl (C=O) groups excluding carboxylic acids is 1. The smallest absolute Gasteiger partial charge is 0.344 e. The molecular weight excluding hydrogens is 163 g/mol. The molecular formula is C8H7FO3. The zero-order chi connectivity index (χ0) is 8.97. The number of rotatable bonds is 2. The van der Waals surface area contributed by atoms with Gasteiger partial charge in [0.05, 0.1) is 0 Å². The van der Waals surface area contributed by atoms with Crippen LogP contribution in [0.4, 0.5) is 4.39 Å². The Morgan fingerprint density at radius 3 is 2.75 bits per heavy atom. The third-order valence-corrected chi connectivity index (χ3v) is 1.31. The van der Waals surface area contributed by atoms with Crippen molar-refractivity contribution in [1.82, 2.24) is 0 Å². The van der Waals surface area contributed by atoms with Gasteiger partial charge in [0, 0.05) is 0 Å². The summed E-state index contributed by atoms with van der Waals surface area (Å²) in [6.45, 7) is -1.19. The van der Waals surface area contributed by atoms with Gasteiger partial charge >= 0.3 is 5.97 Å². The maximum absolute atomic E-state index is 11.5. The minimum absolute atomic E-state index is 0.0323. The summed E-state index contributed by atoms with van der Waals surface area (Å²) >= 11 is 0. The van der Waals surface area contributed by atoms with Crippen molar-refractivity contribution in [1.29, 1.82) is 0 Å². The number of aromatic hydroxyl groups is 1. The fraction of sp³-hybridized carbons (Fsp3) is 0.125. The molecule has 1 rings (SSSR count). The van der Waals surface area contributed by atoms with Crippen LogP contribution in [0.2, 0.25) is 0 Å². The van der Waals surface area contributed by atoms with Crippen LogP contribution in [-0.4, -0.2) is 17.9 Å². The molecule has 0 saturated carbocycles. The van der Waals surface area contributed by atoms with Gasteiger partial charge in [0.2, 0.25) is 6.86 Å². The quantitative estimate of drug-likeness (QED) is 0.683. The van der Waals surface area contributed by atoms with E-state index in [2.05, 4.69) is 4.74 Å². The molecule has 0 amide bonds. The number of alkyl halides is 1. The zero-order valence-electron chi connectivity index (χ0n) is 6.16. The Bertz CT molecular complexity index is 285. The molecule has 0 aliphatic heterocycles. The SMILES string of the molecule is O=C(OCF)c1ccccc1O. The standard InChI is InChI=1S/C8H7FO3/c9-5-12-8(11)6-3-1-2-4-7(6)10/h1-4,10H,5H2. The Morgan fingerprint density at radius 1 is 1.50 bits per heavy atom. The second kappa shape index (κ2) is 3.71. The number of phenolic OH excluding ortho intramolecular Hbond substituents is 1. The lowest BCUT2D eigenvalue weighted by Crippen LogP contribution is -2.03. The highest BCUT2D eigenvalue weighted by molar-refractivity contribution is 5.92. The van der Waals surface area contributed by atoms with Crippen LogP contribution in [0.25, 0.3) is 0 Å². The molecule has 12 heavy (non-hydrogen) atoms. The molecule has 0 unspecified atom stereocenters. The minimum atomic E-state index is -1.19. The van der Waals surface area contributed by atoms with Gasteiger partial charge in [0.15, 0.2) is 0 Å². The van der Waals surface area contributed by atoms with E-state index >= 15 is 0 Å². The van der Waals surface area contributed by atoms with Crippen LogP contribution in [0, 0.1) is 0 Å². The number of halogens is 1. The summed E-state index contributed by atoms with van der Waals surface area (Å²) in [5, 5.41) is 9.08. The molecule has 0 aromatic heterocycles. The number of benzene rings is 1. The lowest BCUT2D eigenvalue weighted by atomic mass is 10.2. The average molecular weight is 170 g/mol. The van der Waals surface area contributed by atoms with E-state index in [9.17, 15) is 9.18 Å². The van der Waals surface area contributed by atoms with E-state index in [1.54, 1.807) is 12.1 Å². The van der Waals surface area contributed by atoms with E-state index in [1.807, 2.05) is 0 Å². The number of phenols is 1. The van der Waals surface area contributed by atoms with Gasteiger partial charge in [0.25, 0.3) is 0 Å². The van der Waals surface area contributed by atoms with Gasteiger partial charge in [-0.05, 0) is 12.1 Å². The van der Waals surface area contributed by atoms with Crippen molar-refractivity contribution in [2.75, 3.05) is 6.86 Å². The van der Waals surface area contributed by atoms with Gasteiger partial charge in [-0.25, -0.2) is 9.18 Å². The van der Waals surface area contributed by atoms with E-state index in [-0.39, 0.29) is 11.3 Å². The monoisotopic (exact) mass is 170 g/mol. The summed E-state index contributed by atoms with van der Waals surface area (Å²) in [6, 6.07) is 5.79. The number of hydrogen-bond donors (Lipinski definition) is 1. The Balaban J connectivity index is 2.87. The summed E-state index contributed by atoms with van der Waals surface area (Å²) < 4.78 is 15.6. The number of carbonyl (C=O) groups is 1. The first kappa shape index (κ1) is 8.52. The molecule has 3 nitrogen and oxygen atoms in total. The molecule has 1 aromatic carbocycles. The third kappa shape index (κ3) is 1.72. The number of esters is 1. The molecule has 0 radical (unpaired) electrons. The molecule has 0 spiro atoms. The van der Waals surface area contributed by atoms with Gasteiger partial charge < -0.3 is 9.84 Å². The summed E-state index contributed by atoms with van der Waals surface area (Å²) in [7, 11) is 0. The first-order valence-electron chi connectivity index (χ1n) is 3.27. The molecule has 0 saturated heterocycles. The molecule has 0 fully saturated rings. The molecule has 4 heteroatoms. The van der Waals surface area contributed by atoms with E-state index in [0.29, 0.717) is 0 Å². The van der Waals surface area contributed by atoms with Crippen molar-refractivity contribution in [2.24, 2.45) is 0 Å². The maximum atomic E-state index is 11.5. The molecule has 0 atom stereocenters. The van der Waals surface area contributed by atoms with Gasteiger partial charge in [-0.2, -0.15) is 0 Å². The van der Waals surface area contributed by atoms with Crippen LogP contribution in [0.3, 0.4) is 0 Å². The van der Waals surface area contributed by atoms with Crippen molar-refractivity contribution in [3.05, 3.63) is 29.8 Å². The van der Waals surface area contributed by atoms with E-state index < -0.39 is 12.8 Å². The Morgan fingerprint density at radius 2 is 2.17 bits per heavy atom. The molecule has 1 N–H and O–H groups in total. The Hall–Kier alpha value is -1.58. The van der Waals surface area contributed by atoms with E-state index in [1.165, 1.54) is 12.1 Å². The van der Waals surface area contributed by atoms with Crippen LogP contribution in [-0.2, 0) is 4.74 Å². The van der Waals surface area contributed by atoms with Crippen molar-refractivity contribution in [2.45, 2.75) is 0 Å². The van der Waals surface area contributed by atoms with Gasteiger partial charge in [0.1, 0.15) is 11.3 Å². The number of ether oxygens (including phenoxy) is 1. The van der Waals surface area contributed by atoms with Crippen molar-refractivity contribution < 1.29 is 19.0 Å². The number of hydrogen-bond acceptors (Lipinski definition) is 3. The van der Waals surface area contributed by atoms with Crippen LogP contribution in [0.5, 0.6) is 5.75 Å². The summed E-state index contributed by atoms with van der Waals surface area (Å²) in [4.78, 5) is 10.8. The second-order valence-electron chi connectivity index (χ2n) is 2.06. The molecule has 0 aliphatic carbocycles. The Labute approximate surface area is 68.4 Å². The summed E-state index contributed by atoms with van der Waals surface area (Å²) in [5.74, 6) is -1.08.